The summed E-state index contributed by atoms with van der Waals surface area (Å²) >= 11 is 0. The standard InChI is InChI=1S/C16H26N4O5S.ClH/c1-12(2)10-16(3,11-17)19-15(21)8-9-18-26(24,25)14-6-4-13(5-7-14)20(22)23;/h4-7,12,18H,8-11,17H2,1-3H3,(H,19,21);1H. The van der Waals surface area contributed by atoms with Gasteiger partial charge in [0.15, 0.2) is 0 Å². The quantitative estimate of drug-likeness (QED) is 0.385. The fraction of sp³-hybridized carbons (Fsp3) is 0.562. The van der Waals surface area contributed by atoms with Crippen molar-refractivity contribution in [3.05, 3.63) is 34.4 Å². The molecule has 9 nitrogen and oxygen atoms in total. The van der Waals surface area contributed by atoms with Crippen molar-refractivity contribution in [1.82, 2.24) is 10.0 Å². The minimum atomic E-state index is -3.84. The molecule has 0 bridgehead atoms. The number of non-ortho nitro benzene ring substituents is 1. The molecular formula is C16H27ClN4O5S. The maximum atomic E-state index is 12.1. The third-order valence-electron chi connectivity index (χ3n) is 3.75. The molecule has 0 radical (unpaired) electrons. The van der Waals surface area contributed by atoms with E-state index < -0.39 is 20.5 Å². The molecule has 0 saturated heterocycles. The summed E-state index contributed by atoms with van der Waals surface area (Å²) in [7, 11) is -3.84. The van der Waals surface area contributed by atoms with Crippen LogP contribution in [-0.2, 0) is 14.8 Å². The van der Waals surface area contributed by atoms with Crippen LogP contribution in [0.25, 0.3) is 0 Å². The number of benzene rings is 1. The van der Waals surface area contributed by atoms with Gasteiger partial charge in [0.25, 0.3) is 5.69 Å². The van der Waals surface area contributed by atoms with Gasteiger partial charge < -0.3 is 11.1 Å². The number of hydrogen-bond donors (Lipinski definition) is 3. The fourth-order valence-electron chi connectivity index (χ4n) is 2.61. The van der Waals surface area contributed by atoms with E-state index in [2.05, 4.69) is 10.0 Å². The van der Waals surface area contributed by atoms with Crippen LogP contribution in [0.5, 0.6) is 0 Å². The molecule has 0 aliphatic carbocycles. The van der Waals surface area contributed by atoms with Crippen molar-refractivity contribution in [2.75, 3.05) is 13.1 Å². The van der Waals surface area contributed by atoms with Gasteiger partial charge in [-0.05, 0) is 31.4 Å². The van der Waals surface area contributed by atoms with Crippen LogP contribution in [0.1, 0.15) is 33.6 Å². The van der Waals surface area contributed by atoms with Crippen LogP contribution in [0.15, 0.2) is 29.2 Å². The van der Waals surface area contributed by atoms with E-state index >= 15 is 0 Å². The number of nitrogens with zero attached hydrogens (tertiary/aromatic N) is 1. The average Bonchev–Trinajstić information content (AvgIpc) is 2.53. The number of nitro groups is 1. The molecule has 1 aromatic rings. The first-order valence-electron chi connectivity index (χ1n) is 8.24. The van der Waals surface area contributed by atoms with Crippen LogP contribution >= 0.6 is 12.4 Å². The zero-order valence-corrected chi connectivity index (χ0v) is 17.2. The maximum Gasteiger partial charge on any atom is 0.269 e. The molecule has 0 aromatic heterocycles. The van der Waals surface area contributed by atoms with Crippen LogP contribution in [0, 0.1) is 16.0 Å². The summed E-state index contributed by atoms with van der Waals surface area (Å²) in [6.07, 6.45) is 0.670. The number of sulfonamides is 1. The topological polar surface area (TPSA) is 144 Å². The van der Waals surface area contributed by atoms with Crippen LogP contribution in [-0.4, -0.2) is 37.9 Å². The van der Waals surface area contributed by atoms with Crippen molar-refractivity contribution >= 4 is 34.0 Å². The Balaban J connectivity index is 0.00000676. The first-order chi connectivity index (χ1) is 12.0. The smallest absolute Gasteiger partial charge is 0.269 e. The Morgan fingerprint density at radius 2 is 1.85 bits per heavy atom. The number of nitrogens with two attached hydrogens (primary N) is 1. The van der Waals surface area contributed by atoms with Crippen molar-refractivity contribution in [2.24, 2.45) is 11.7 Å². The van der Waals surface area contributed by atoms with Gasteiger partial charge in [-0.25, -0.2) is 13.1 Å². The normalized spacial score (nSPS) is 13.5. The molecule has 27 heavy (non-hydrogen) atoms. The first-order valence-corrected chi connectivity index (χ1v) is 9.72. The van der Waals surface area contributed by atoms with Gasteiger partial charge in [0, 0.05) is 37.2 Å². The van der Waals surface area contributed by atoms with Crippen LogP contribution in [0.2, 0.25) is 0 Å². The maximum absolute atomic E-state index is 12.1. The van der Waals surface area contributed by atoms with E-state index in [1.807, 2.05) is 20.8 Å². The lowest BCUT2D eigenvalue weighted by Crippen LogP contribution is -2.52. The highest BCUT2D eigenvalue weighted by Gasteiger charge is 2.25. The molecule has 1 rings (SSSR count). The molecule has 0 heterocycles. The SMILES string of the molecule is CC(C)CC(C)(CN)NC(=O)CCNS(=O)(=O)c1ccc([N+](=O)[O-])cc1.Cl. The number of nitrogens with one attached hydrogen (secondary N) is 2. The number of halogens is 1. The molecule has 1 amide bonds. The number of carbonyl (C=O) groups is 1. The van der Waals surface area contributed by atoms with Gasteiger partial charge in [-0.2, -0.15) is 0 Å². The van der Waals surface area contributed by atoms with E-state index in [1.54, 1.807) is 0 Å². The Hall–Kier alpha value is -1.75. The molecule has 0 saturated carbocycles. The predicted molar refractivity (Wildman–Crippen MR) is 105 cm³/mol. The Morgan fingerprint density at radius 1 is 1.30 bits per heavy atom. The summed E-state index contributed by atoms with van der Waals surface area (Å²) in [6.45, 7) is 6.10. The van der Waals surface area contributed by atoms with E-state index in [1.165, 1.54) is 0 Å². The van der Waals surface area contributed by atoms with E-state index in [0.29, 0.717) is 12.3 Å². The highest BCUT2D eigenvalue weighted by molar-refractivity contribution is 7.89. The van der Waals surface area contributed by atoms with Gasteiger partial charge in [0.05, 0.1) is 9.82 Å². The fourth-order valence-corrected chi connectivity index (χ4v) is 3.65. The number of nitro benzene ring substituents is 1. The van der Waals surface area contributed by atoms with E-state index in [4.69, 9.17) is 5.73 Å². The van der Waals surface area contributed by atoms with E-state index in [-0.39, 0.29) is 48.4 Å². The number of rotatable bonds is 10. The van der Waals surface area contributed by atoms with Gasteiger partial charge in [0.2, 0.25) is 15.9 Å². The highest BCUT2D eigenvalue weighted by Crippen LogP contribution is 2.16. The molecule has 0 spiro atoms. The number of amides is 1. The van der Waals surface area contributed by atoms with Crippen molar-refractivity contribution in [1.29, 1.82) is 0 Å². The van der Waals surface area contributed by atoms with Crippen LogP contribution < -0.4 is 15.8 Å². The number of carbonyl (C=O) groups excluding carboxylic acids is 1. The summed E-state index contributed by atoms with van der Waals surface area (Å²) in [5, 5.41) is 13.4. The Morgan fingerprint density at radius 3 is 2.30 bits per heavy atom. The summed E-state index contributed by atoms with van der Waals surface area (Å²) in [5.41, 5.74) is 5.00. The Kier molecular flexibility index (Phi) is 9.87. The zero-order chi connectivity index (χ0) is 20.0. The van der Waals surface area contributed by atoms with Gasteiger partial charge in [-0.15, -0.1) is 12.4 Å². The lowest BCUT2D eigenvalue weighted by atomic mass is 9.90. The lowest BCUT2D eigenvalue weighted by Gasteiger charge is -2.31. The molecule has 11 heteroatoms. The van der Waals surface area contributed by atoms with Crippen molar-refractivity contribution in [2.45, 2.75) is 44.0 Å². The molecule has 1 atom stereocenters. The van der Waals surface area contributed by atoms with Gasteiger partial charge in [-0.1, -0.05) is 13.8 Å². The molecule has 0 aliphatic heterocycles. The summed E-state index contributed by atoms with van der Waals surface area (Å²) < 4.78 is 26.6. The van der Waals surface area contributed by atoms with Gasteiger partial charge in [-0.3, -0.25) is 14.9 Å². The minimum absolute atomic E-state index is 0. The molecule has 1 aromatic carbocycles. The lowest BCUT2D eigenvalue weighted by molar-refractivity contribution is -0.384. The number of hydrogen-bond acceptors (Lipinski definition) is 6. The second-order valence-corrected chi connectivity index (χ2v) is 8.58. The second kappa shape index (κ2) is 10.5. The molecule has 154 valence electrons. The van der Waals surface area contributed by atoms with Crippen molar-refractivity contribution < 1.29 is 18.1 Å². The molecule has 4 N–H and O–H groups in total. The van der Waals surface area contributed by atoms with E-state index in [0.717, 1.165) is 24.3 Å². The highest BCUT2D eigenvalue weighted by atomic mass is 35.5. The third kappa shape index (κ3) is 8.21. The zero-order valence-electron chi connectivity index (χ0n) is 15.6. The van der Waals surface area contributed by atoms with Crippen LogP contribution in [0.3, 0.4) is 0 Å². The second-order valence-electron chi connectivity index (χ2n) is 6.81. The molecule has 0 aliphatic rings. The Bertz CT molecular complexity index is 740. The molecule has 0 fully saturated rings. The monoisotopic (exact) mass is 422 g/mol. The third-order valence-corrected chi connectivity index (χ3v) is 5.23. The molecular weight excluding hydrogens is 396 g/mol. The summed E-state index contributed by atoms with van der Waals surface area (Å²) in [6, 6.07) is 4.52. The average molecular weight is 423 g/mol. The summed E-state index contributed by atoms with van der Waals surface area (Å²) in [5.74, 6) is 0.0505. The van der Waals surface area contributed by atoms with Gasteiger partial charge in [0.1, 0.15) is 0 Å². The van der Waals surface area contributed by atoms with Gasteiger partial charge >= 0.3 is 0 Å². The van der Waals surface area contributed by atoms with Crippen molar-refractivity contribution in [3.63, 3.8) is 0 Å². The first kappa shape index (κ1) is 25.2. The predicted octanol–water partition coefficient (Wildman–Crippen LogP) is 1.56. The van der Waals surface area contributed by atoms with E-state index in [9.17, 15) is 23.3 Å². The largest absolute Gasteiger partial charge is 0.350 e. The summed E-state index contributed by atoms with van der Waals surface area (Å²) in [4.78, 5) is 22.0. The Labute approximate surface area is 165 Å². The molecule has 1 unspecified atom stereocenters. The minimum Gasteiger partial charge on any atom is -0.350 e. The van der Waals surface area contributed by atoms with Crippen molar-refractivity contribution in [3.8, 4) is 0 Å². The van der Waals surface area contributed by atoms with Crippen LogP contribution in [0.4, 0.5) is 5.69 Å².